The molecule has 5 rings (SSSR count). The predicted octanol–water partition coefficient (Wildman–Crippen LogP) is 4.66. The number of oxazole rings is 1. The Labute approximate surface area is 172 Å². The molecule has 0 saturated carbocycles. The first-order chi connectivity index (χ1) is 14.2. The van der Waals surface area contributed by atoms with Crippen molar-refractivity contribution in [1.29, 1.82) is 0 Å². The van der Waals surface area contributed by atoms with E-state index in [4.69, 9.17) is 4.42 Å². The lowest BCUT2D eigenvalue weighted by molar-refractivity contribution is 0.102. The zero-order valence-electron chi connectivity index (χ0n) is 16.0. The minimum atomic E-state index is -0.217. The number of nitrogens with zero attached hydrogens (tertiary/aromatic N) is 3. The van der Waals surface area contributed by atoms with Gasteiger partial charge in [0.15, 0.2) is 0 Å². The molecule has 0 saturated heterocycles. The molecule has 146 valence electrons. The van der Waals surface area contributed by atoms with E-state index in [1.165, 1.54) is 10.3 Å². The summed E-state index contributed by atoms with van der Waals surface area (Å²) in [5.74, 6) is 0.604. The van der Waals surface area contributed by atoms with E-state index in [-0.39, 0.29) is 18.0 Å². The smallest absolute Gasteiger partial charge is 0.302 e. The Morgan fingerprint density at radius 2 is 2.10 bits per heavy atom. The number of fused-ring (bicyclic) bond motifs is 2. The van der Waals surface area contributed by atoms with Gasteiger partial charge in [-0.15, -0.1) is 11.3 Å². The molecule has 7 heteroatoms. The second kappa shape index (κ2) is 7.42. The van der Waals surface area contributed by atoms with Crippen molar-refractivity contribution < 1.29 is 9.21 Å². The summed E-state index contributed by atoms with van der Waals surface area (Å²) in [6.45, 7) is 3.76. The van der Waals surface area contributed by atoms with E-state index >= 15 is 0 Å². The van der Waals surface area contributed by atoms with Crippen LogP contribution in [0.5, 0.6) is 0 Å². The Hall–Kier alpha value is -3.03. The number of aromatic nitrogens is 2. The maximum Gasteiger partial charge on any atom is 0.302 e. The molecule has 1 atom stereocenters. The van der Waals surface area contributed by atoms with Crippen molar-refractivity contribution in [3.63, 3.8) is 0 Å². The predicted molar refractivity (Wildman–Crippen MR) is 113 cm³/mol. The lowest BCUT2D eigenvalue weighted by atomic mass is 10.0. The van der Waals surface area contributed by atoms with Crippen molar-refractivity contribution in [3.05, 3.63) is 76.6 Å². The maximum absolute atomic E-state index is 12.3. The summed E-state index contributed by atoms with van der Waals surface area (Å²) in [5, 5.41) is 2.77. The van der Waals surface area contributed by atoms with Crippen LogP contribution < -0.4 is 5.32 Å². The molecule has 1 N–H and O–H groups in total. The van der Waals surface area contributed by atoms with Crippen molar-refractivity contribution in [3.8, 4) is 0 Å². The quantitative estimate of drug-likeness (QED) is 0.536. The first kappa shape index (κ1) is 18.0. The molecule has 0 fully saturated rings. The summed E-state index contributed by atoms with van der Waals surface area (Å²) in [5.41, 5.74) is 5.67. The van der Waals surface area contributed by atoms with Crippen LogP contribution in [-0.4, -0.2) is 27.3 Å². The fraction of sp³-hybridized carbons (Fsp3) is 0.227. The Kier molecular flexibility index (Phi) is 4.61. The number of nitrogens with one attached hydrogen (secondary N) is 1. The van der Waals surface area contributed by atoms with E-state index in [2.05, 4.69) is 45.3 Å². The SMILES string of the molecule is CC(c1ccc2scnc2c1)N1CCc2nc(NC(=O)c3ccccc3)oc2C1. The molecule has 1 unspecified atom stereocenters. The molecular weight excluding hydrogens is 384 g/mol. The van der Waals surface area contributed by atoms with Crippen LogP contribution in [0.4, 0.5) is 6.01 Å². The van der Waals surface area contributed by atoms with Gasteiger partial charge in [-0.05, 0) is 36.8 Å². The van der Waals surface area contributed by atoms with Crippen LogP contribution in [0.25, 0.3) is 10.2 Å². The van der Waals surface area contributed by atoms with Gasteiger partial charge in [0.05, 0.1) is 28.0 Å². The summed E-state index contributed by atoms with van der Waals surface area (Å²) in [6, 6.07) is 16.0. The average Bonchev–Trinajstić information content (AvgIpc) is 3.38. The molecule has 29 heavy (non-hydrogen) atoms. The van der Waals surface area contributed by atoms with E-state index in [0.29, 0.717) is 12.1 Å². The fourth-order valence-electron chi connectivity index (χ4n) is 3.70. The standard InChI is InChI=1S/C22H20N4O2S/c1-14(16-7-8-20-18(11-16)23-13-29-20)26-10-9-17-19(12-26)28-22(24-17)25-21(27)15-5-3-2-4-6-15/h2-8,11,13-14H,9-10,12H2,1H3,(H,24,25,27). The van der Waals surface area contributed by atoms with E-state index in [0.717, 1.165) is 29.9 Å². The van der Waals surface area contributed by atoms with Crippen molar-refractivity contribution in [2.24, 2.45) is 0 Å². The van der Waals surface area contributed by atoms with E-state index in [1.54, 1.807) is 23.5 Å². The Morgan fingerprint density at radius 1 is 1.24 bits per heavy atom. The van der Waals surface area contributed by atoms with Crippen molar-refractivity contribution >= 4 is 33.5 Å². The minimum absolute atomic E-state index is 0.217. The van der Waals surface area contributed by atoms with Crippen LogP contribution in [-0.2, 0) is 13.0 Å². The van der Waals surface area contributed by atoms with Crippen molar-refractivity contribution in [1.82, 2.24) is 14.9 Å². The van der Waals surface area contributed by atoms with Crippen LogP contribution in [0, 0.1) is 0 Å². The molecule has 6 nitrogen and oxygen atoms in total. The fourth-order valence-corrected chi connectivity index (χ4v) is 4.36. The third-order valence-electron chi connectivity index (χ3n) is 5.40. The number of thiazole rings is 1. The topological polar surface area (TPSA) is 71.3 Å². The van der Waals surface area contributed by atoms with Gasteiger partial charge < -0.3 is 4.42 Å². The highest BCUT2D eigenvalue weighted by atomic mass is 32.1. The zero-order valence-corrected chi connectivity index (χ0v) is 16.8. The van der Waals surface area contributed by atoms with Crippen molar-refractivity contribution in [2.75, 3.05) is 11.9 Å². The molecule has 0 aliphatic carbocycles. The third kappa shape index (κ3) is 3.54. The van der Waals surface area contributed by atoms with Crippen LogP contribution in [0.15, 0.2) is 58.5 Å². The Morgan fingerprint density at radius 3 is 2.97 bits per heavy atom. The summed E-state index contributed by atoms with van der Waals surface area (Å²) < 4.78 is 7.08. The molecule has 2 aromatic carbocycles. The highest BCUT2D eigenvalue weighted by molar-refractivity contribution is 7.16. The number of benzene rings is 2. The number of hydrogen-bond acceptors (Lipinski definition) is 6. The number of carbonyl (C=O) groups is 1. The van der Waals surface area contributed by atoms with Gasteiger partial charge in [-0.25, -0.2) is 4.98 Å². The largest absolute Gasteiger partial charge is 0.427 e. The van der Waals surface area contributed by atoms with Gasteiger partial charge in [0, 0.05) is 24.6 Å². The Bertz CT molecular complexity index is 1170. The van der Waals surface area contributed by atoms with Gasteiger partial charge in [-0.1, -0.05) is 24.3 Å². The minimum Gasteiger partial charge on any atom is -0.427 e. The van der Waals surface area contributed by atoms with Gasteiger partial charge in [0.2, 0.25) is 0 Å². The molecule has 1 amide bonds. The third-order valence-corrected chi connectivity index (χ3v) is 6.21. The second-order valence-corrected chi connectivity index (χ2v) is 8.07. The number of amides is 1. The summed E-state index contributed by atoms with van der Waals surface area (Å²) in [7, 11) is 0. The van der Waals surface area contributed by atoms with Gasteiger partial charge >= 0.3 is 6.01 Å². The number of carbonyl (C=O) groups excluding carboxylic acids is 1. The molecular formula is C22H20N4O2S. The second-order valence-electron chi connectivity index (χ2n) is 7.19. The summed E-state index contributed by atoms with van der Waals surface area (Å²) in [6.07, 6.45) is 0.795. The first-order valence-corrected chi connectivity index (χ1v) is 10.5. The number of rotatable bonds is 4. The molecule has 1 aliphatic heterocycles. The molecule has 4 aromatic rings. The highest BCUT2D eigenvalue weighted by Gasteiger charge is 2.27. The molecule has 3 heterocycles. The van der Waals surface area contributed by atoms with Gasteiger partial charge in [0.25, 0.3) is 5.91 Å². The van der Waals surface area contributed by atoms with E-state index < -0.39 is 0 Å². The highest BCUT2D eigenvalue weighted by Crippen LogP contribution is 2.31. The van der Waals surface area contributed by atoms with Crippen LogP contribution >= 0.6 is 11.3 Å². The average molecular weight is 404 g/mol. The van der Waals surface area contributed by atoms with Crippen LogP contribution in [0.2, 0.25) is 0 Å². The first-order valence-electron chi connectivity index (χ1n) is 9.59. The van der Waals surface area contributed by atoms with Gasteiger partial charge in [0.1, 0.15) is 5.76 Å². The zero-order chi connectivity index (χ0) is 19.8. The molecule has 0 spiro atoms. The van der Waals surface area contributed by atoms with Gasteiger partial charge in [-0.2, -0.15) is 4.98 Å². The monoisotopic (exact) mass is 404 g/mol. The Balaban J connectivity index is 1.31. The lowest BCUT2D eigenvalue weighted by Gasteiger charge is -2.31. The van der Waals surface area contributed by atoms with E-state index in [1.807, 2.05) is 23.7 Å². The molecule has 2 aromatic heterocycles. The molecule has 1 aliphatic rings. The van der Waals surface area contributed by atoms with Crippen LogP contribution in [0.3, 0.4) is 0 Å². The van der Waals surface area contributed by atoms with Crippen molar-refractivity contribution in [2.45, 2.75) is 25.9 Å². The normalized spacial score (nSPS) is 15.2. The lowest BCUT2D eigenvalue weighted by Crippen LogP contribution is -2.32. The summed E-state index contributed by atoms with van der Waals surface area (Å²) >= 11 is 1.66. The number of anilines is 1. The van der Waals surface area contributed by atoms with Gasteiger partial charge in [-0.3, -0.25) is 15.0 Å². The van der Waals surface area contributed by atoms with Crippen LogP contribution in [0.1, 0.15) is 40.3 Å². The molecule has 0 bridgehead atoms. The van der Waals surface area contributed by atoms with E-state index in [9.17, 15) is 4.79 Å². The molecule has 0 radical (unpaired) electrons. The summed E-state index contributed by atoms with van der Waals surface area (Å²) in [4.78, 5) is 23.6. The maximum atomic E-state index is 12.3. The number of hydrogen-bond donors (Lipinski definition) is 1.